The first-order valence-electron chi connectivity index (χ1n) is 7.35. The van der Waals surface area contributed by atoms with Crippen molar-refractivity contribution in [2.24, 2.45) is 0 Å². The Morgan fingerprint density at radius 2 is 2.30 bits per heavy atom. The number of hydrogen-bond acceptors (Lipinski definition) is 3. The van der Waals surface area contributed by atoms with Crippen molar-refractivity contribution in [3.05, 3.63) is 29.3 Å². The van der Waals surface area contributed by atoms with Crippen LogP contribution in [0.1, 0.15) is 30.9 Å². The number of rotatable bonds is 3. The van der Waals surface area contributed by atoms with Crippen LogP contribution >= 0.6 is 0 Å². The van der Waals surface area contributed by atoms with Crippen molar-refractivity contribution in [2.75, 3.05) is 19.6 Å². The fraction of sp³-hybridized carbons (Fsp3) is 0.562. The van der Waals surface area contributed by atoms with E-state index in [2.05, 4.69) is 25.1 Å². The summed E-state index contributed by atoms with van der Waals surface area (Å²) in [6, 6.07) is 6.45. The van der Waals surface area contributed by atoms with Crippen LogP contribution in [0.4, 0.5) is 0 Å². The molecule has 0 aromatic heterocycles. The highest BCUT2D eigenvalue weighted by Gasteiger charge is 2.42. The van der Waals surface area contributed by atoms with Crippen molar-refractivity contribution in [3.8, 4) is 5.75 Å². The summed E-state index contributed by atoms with van der Waals surface area (Å²) in [5, 5.41) is 8.89. The first-order valence-corrected chi connectivity index (χ1v) is 7.35. The highest BCUT2D eigenvalue weighted by Crippen LogP contribution is 2.39. The first-order chi connectivity index (χ1) is 9.60. The summed E-state index contributed by atoms with van der Waals surface area (Å²) in [6.45, 7) is 3.82. The Morgan fingerprint density at radius 3 is 3.05 bits per heavy atom. The molecule has 1 N–H and O–H groups in total. The fourth-order valence-corrected chi connectivity index (χ4v) is 3.34. The first kappa shape index (κ1) is 13.4. The van der Waals surface area contributed by atoms with Crippen molar-refractivity contribution in [2.45, 2.75) is 38.2 Å². The number of nitrogens with zero attached hydrogens (tertiary/aromatic N) is 1. The molecule has 1 unspecified atom stereocenters. The van der Waals surface area contributed by atoms with Crippen LogP contribution in [0.25, 0.3) is 0 Å². The summed E-state index contributed by atoms with van der Waals surface area (Å²) in [5.41, 5.74) is 2.48. The number of likely N-dealkylation sites (tertiary alicyclic amines) is 1. The second-order valence-corrected chi connectivity index (χ2v) is 5.94. The molecule has 0 saturated carbocycles. The number of carbonyl (C=O) groups is 1. The topological polar surface area (TPSA) is 49.8 Å². The number of aryl methyl sites for hydroxylation is 2. The summed E-state index contributed by atoms with van der Waals surface area (Å²) >= 11 is 0. The molecule has 0 bridgehead atoms. The SMILES string of the molecule is CCc1ccc2c(c1)CCC1(CCN(CC(=O)O)C1)O2. The minimum Gasteiger partial charge on any atom is -0.486 e. The average molecular weight is 275 g/mol. The van der Waals surface area contributed by atoms with Crippen molar-refractivity contribution in [1.29, 1.82) is 0 Å². The normalized spacial score (nSPS) is 25.4. The van der Waals surface area contributed by atoms with Crippen LogP contribution in [-0.2, 0) is 17.6 Å². The predicted molar refractivity (Wildman–Crippen MR) is 76.2 cm³/mol. The third-order valence-corrected chi connectivity index (χ3v) is 4.46. The molecule has 1 spiro atoms. The zero-order valence-electron chi connectivity index (χ0n) is 11.9. The Hall–Kier alpha value is -1.55. The summed E-state index contributed by atoms with van der Waals surface area (Å²) in [4.78, 5) is 12.8. The lowest BCUT2D eigenvalue weighted by atomic mass is 9.89. The fourth-order valence-electron chi connectivity index (χ4n) is 3.34. The molecule has 3 rings (SSSR count). The van der Waals surface area contributed by atoms with E-state index in [1.165, 1.54) is 11.1 Å². The zero-order valence-corrected chi connectivity index (χ0v) is 11.9. The Bertz CT molecular complexity index is 528. The second kappa shape index (κ2) is 5.09. The van der Waals surface area contributed by atoms with Gasteiger partial charge in [0.1, 0.15) is 11.4 Å². The van der Waals surface area contributed by atoms with E-state index in [1.807, 2.05) is 4.90 Å². The maximum atomic E-state index is 10.8. The number of carboxylic acids is 1. The quantitative estimate of drug-likeness (QED) is 0.918. The van der Waals surface area contributed by atoms with E-state index < -0.39 is 5.97 Å². The van der Waals surface area contributed by atoms with Crippen LogP contribution in [-0.4, -0.2) is 41.2 Å². The van der Waals surface area contributed by atoms with E-state index in [1.54, 1.807) is 0 Å². The largest absolute Gasteiger partial charge is 0.486 e. The van der Waals surface area contributed by atoms with Gasteiger partial charge in [-0.1, -0.05) is 19.1 Å². The van der Waals surface area contributed by atoms with Gasteiger partial charge in [-0.25, -0.2) is 0 Å². The highest BCUT2D eigenvalue weighted by atomic mass is 16.5. The van der Waals surface area contributed by atoms with Gasteiger partial charge in [0, 0.05) is 19.5 Å². The minimum atomic E-state index is -0.758. The van der Waals surface area contributed by atoms with Crippen LogP contribution in [0.5, 0.6) is 5.75 Å². The third kappa shape index (κ3) is 2.52. The lowest BCUT2D eigenvalue weighted by Crippen LogP contribution is -2.43. The van der Waals surface area contributed by atoms with Crippen LogP contribution < -0.4 is 4.74 Å². The van der Waals surface area contributed by atoms with Gasteiger partial charge in [0.2, 0.25) is 0 Å². The van der Waals surface area contributed by atoms with Crippen LogP contribution in [0.3, 0.4) is 0 Å². The molecule has 0 aliphatic carbocycles. The van der Waals surface area contributed by atoms with Gasteiger partial charge in [-0.15, -0.1) is 0 Å². The van der Waals surface area contributed by atoms with E-state index in [4.69, 9.17) is 9.84 Å². The molecule has 1 aromatic carbocycles. The molecule has 1 atom stereocenters. The minimum absolute atomic E-state index is 0.118. The smallest absolute Gasteiger partial charge is 0.317 e. The van der Waals surface area contributed by atoms with Crippen molar-refractivity contribution < 1.29 is 14.6 Å². The number of benzene rings is 1. The molecule has 0 amide bonds. The monoisotopic (exact) mass is 275 g/mol. The number of hydrogen-bond donors (Lipinski definition) is 1. The summed E-state index contributed by atoms with van der Waals surface area (Å²) in [7, 11) is 0. The Morgan fingerprint density at radius 1 is 1.45 bits per heavy atom. The van der Waals surface area contributed by atoms with Crippen LogP contribution in [0.15, 0.2) is 18.2 Å². The number of ether oxygens (including phenoxy) is 1. The van der Waals surface area contributed by atoms with Gasteiger partial charge < -0.3 is 9.84 Å². The van der Waals surface area contributed by atoms with Gasteiger partial charge in [0.05, 0.1) is 6.54 Å². The number of carboxylic acid groups (broad SMARTS) is 1. The van der Waals surface area contributed by atoms with Gasteiger partial charge >= 0.3 is 5.97 Å². The lowest BCUT2D eigenvalue weighted by Gasteiger charge is -2.36. The van der Waals surface area contributed by atoms with Crippen molar-refractivity contribution in [3.63, 3.8) is 0 Å². The molecule has 2 heterocycles. The maximum Gasteiger partial charge on any atom is 0.317 e. The second-order valence-electron chi connectivity index (χ2n) is 5.94. The van der Waals surface area contributed by atoms with Gasteiger partial charge in [-0.3, -0.25) is 9.69 Å². The van der Waals surface area contributed by atoms with E-state index in [0.29, 0.717) is 0 Å². The van der Waals surface area contributed by atoms with Gasteiger partial charge in [0.25, 0.3) is 0 Å². The Kier molecular flexibility index (Phi) is 3.42. The van der Waals surface area contributed by atoms with Crippen molar-refractivity contribution >= 4 is 5.97 Å². The standard InChI is InChI=1S/C16H21NO3/c1-2-12-3-4-14-13(9-12)5-6-16(20-14)7-8-17(11-16)10-15(18)19/h3-4,9H,2,5-8,10-11H2,1H3,(H,18,19). The molecule has 0 radical (unpaired) electrons. The summed E-state index contributed by atoms with van der Waals surface area (Å²) < 4.78 is 6.26. The molecule has 2 aliphatic rings. The number of fused-ring (bicyclic) bond motifs is 1. The molecule has 1 aromatic rings. The Balaban J connectivity index is 1.74. The average Bonchev–Trinajstić information content (AvgIpc) is 2.80. The van der Waals surface area contributed by atoms with E-state index in [9.17, 15) is 4.79 Å². The summed E-state index contributed by atoms with van der Waals surface area (Å²) in [6.07, 6.45) is 3.99. The van der Waals surface area contributed by atoms with Crippen LogP contribution in [0, 0.1) is 0 Å². The van der Waals surface area contributed by atoms with Gasteiger partial charge in [0.15, 0.2) is 0 Å². The highest BCUT2D eigenvalue weighted by molar-refractivity contribution is 5.69. The van der Waals surface area contributed by atoms with Crippen LogP contribution in [0.2, 0.25) is 0 Å². The predicted octanol–water partition coefficient (Wildman–Crippen LogP) is 2.10. The van der Waals surface area contributed by atoms with E-state index in [-0.39, 0.29) is 12.1 Å². The zero-order chi connectivity index (χ0) is 14.2. The van der Waals surface area contributed by atoms with Gasteiger partial charge in [-0.2, -0.15) is 0 Å². The third-order valence-electron chi connectivity index (χ3n) is 4.46. The molecule has 108 valence electrons. The molecular weight excluding hydrogens is 254 g/mol. The molecular formula is C16H21NO3. The molecule has 20 heavy (non-hydrogen) atoms. The molecule has 4 heteroatoms. The molecule has 1 saturated heterocycles. The molecule has 2 aliphatic heterocycles. The van der Waals surface area contributed by atoms with Gasteiger partial charge in [-0.05, 0) is 36.5 Å². The summed E-state index contributed by atoms with van der Waals surface area (Å²) in [5.74, 6) is 0.233. The maximum absolute atomic E-state index is 10.8. The Labute approximate surface area is 119 Å². The number of aliphatic carboxylic acids is 1. The lowest BCUT2D eigenvalue weighted by molar-refractivity contribution is -0.138. The van der Waals surface area contributed by atoms with E-state index in [0.717, 1.165) is 44.5 Å². The molecule has 4 nitrogen and oxygen atoms in total. The molecule has 1 fully saturated rings. The van der Waals surface area contributed by atoms with E-state index >= 15 is 0 Å². The van der Waals surface area contributed by atoms with Crippen molar-refractivity contribution in [1.82, 2.24) is 4.90 Å².